The van der Waals surface area contributed by atoms with E-state index in [0.717, 1.165) is 0 Å². The molecular weight excluding hydrogens is 178 g/mol. The summed E-state index contributed by atoms with van der Waals surface area (Å²) in [7, 11) is 0. The molecule has 0 rings (SSSR count). The number of rotatable bonds is 0. The molecule has 0 aliphatic rings. The molecule has 0 amide bonds. The van der Waals surface area contributed by atoms with Gasteiger partial charge in [-0.05, 0) is 6.92 Å². The van der Waals surface area contributed by atoms with Gasteiger partial charge in [-0.25, -0.2) is 0 Å². The van der Waals surface area contributed by atoms with Crippen molar-refractivity contribution in [3.63, 3.8) is 0 Å². The van der Waals surface area contributed by atoms with Crippen LogP contribution < -0.4 is 0 Å². The topological polar surface area (TPSA) is 0 Å². The fourth-order valence-corrected chi connectivity index (χ4v) is 0. The molecule has 0 saturated carbocycles. The number of hydrogen-bond acceptors (Lipinski definition) is 0. The highest BCUT2D eigenvalue weighted by atomic mass is 35.6. The number of alkyl halides is 3. The Labute approximate surface area is 72.1 Å². The maximum Gasteiger partial charge on any atom is 0.187 e. The first-order valence-corrected chi connectivity index (χ1v) is 3.20. The summed E-state index contributed by atoms with van der Waals surface area (Å²) >= 11 is 15.2. The summed E-state index contributed by atoms with van der Waals surface area (Å²) in [5.41, 5.74) is 0. The third kappa shape index (κ3) is 2750. The highest BCUT2D eigenvalue weighted by molar-refractivity contribution is 6.67. The molecule has 0 bridgehead atoms. The third-order valence-electron chi connectivity index (χ3n) is 0. The van der Waals surface area contributed by atoms with E-state index in [2.05, 4.69) is 26.3 Å². The van der Waals surface area contributed by atoms with E-state index in [1.807, 2.05) is 0 Å². The molecule has 0 spiro atoms. The van der Waals surface area contributed by atoms with Crippen molar-refractivity contribution in [1.29, 1.82) is 0 Å². The van der Waals surface area contributed by atoms with Gasteiger partial charge in [-0.2, -0.15) is 0 Å². The van der Waals surface area contributed by atoms with Crippen LogP contribution in [0.25, 0.3) is 0 Å². The second-order valence-electron chi connectivity index (χ2n) is 0.781. The molecule has 0 radical (unpaired) electrons. The molecule has 56 valence electrons. The third-order valence-corrected chi connectivity index (χ3v) is 0. The largest absolute Gasteiger partial charge is 0.187 e. The lowest BCUT2D eigenvalue weighted by atomic mass is 10.9. The molecule has 0 N–H and O–H groups in total. The van der Waals surface area contributed by atoms with Gasteiger partial charge < -0.3 is 0 Å². The van der Waals surface area contributed by atoms with E-state index in [-0.39, 0.29) is 0 Å². The van der Waals surface area contributed by atoms with Gasteiger partial charge in [0.05, 0.1) is 0 Å². The van der Waals surface area contributed by atoms with Crippen molar-refractivity contribution in [3.8, 4) is 0 Å². The summed E-state index contributed by atoms with van der Waals surface area (Å²) in [6, 6.07) is 0. The fraction of sp³-hybridized carbons (Fsp3) is 0.333. The van der Waals surface area contributed by atoms with E-state index in [1.54, 1.807) is 0 Å². The normalized spacial score (nSPS) is 7.56. The molecule has 9 heavy (non-hydrogen) atoms. The zero-order valence-electron chi connectivity index (χ0n) is 5.46. The van der Waals surface area contributed by atoms with Crippen molar-refractivity contribution in [2.75, 3.05) is 0 Å². The maximum atomic E-state index is 5.06. The van der Waals surface area contributed by atoms with Gasteiger partial charge in [0, 0.05) is 0 Å². The van der Waals surface area contributed by atoms with Crippen LogP contribution in [0.5, 0.6) is 0 Å². The maximum absolute atomic E-state index is 5.06. The minimum atomic E-state index is -1.08. The Balaban J connectivity index is -0.0000000771. The van der Waals surface area contributed by atoms with Gasteiger partial charge in [-0.3, -0.25) is 0 Å². The fourth-order valence-electron chi connectivity index (χ4n) is 0. The average molecular weight is 190 g/mol. The smallest absolute Gasteiger partial charge is 0.106 e. The molecule has 0 aromatic rings. The van der Waals surface area contributed by atoms with Crippen LogP contribution in [-0.2, 0) is 0 Å². The van der Waals surface area contributed by atoms with Crippen molar-refractivity contribution in [3.05, 3.63) is 26.3 Å². The molecule has 0 heterocycles. The number of hydrogen-bond donors (Lipinski definition) is 0. The first-order valence-electron chi connectivity index (χ1n) is 2.07. The zero-order chi connectivity index (χ0) is 8.50. The van der Waals surface area contributed by atoms with Crippen molar-refractivity contribution in [2.24, 2.45) is 0 Å². The molecule has 0 saturated heterocycles. The van der Waals surface area contributed by atoms with E-state index in [1.165, 1.54) is 6.92 Å². The van der Waals surface area contributed by atoms with Gasteiger partial charge >= 0.3 is 0 Å². The summed E-state index contributed by atoms with van der Waals surface area (Å²) in [4.78, 5) is 0. The Morgan fingerprint density at radius 3 is 0.889 bits per heavy atom. The van der Waals surface area contributed by atoms with Crippen LogP contribution >= 0.6 is 34.8 Å². The standard InChI is InChI=1S/C2H3Cl3.2C2H4/c1-2(3,4)5;2*1-2/h1H3;2*1-2H2. The summed E-state index contributed by atoms with van der Waals surface area (Å²) in [5.74, 6) is 0. The molecular formula is C6H11Cl3. The summed E-state index contributed by atoms with van der Waals surface area (Å²) in [6.45, 7) is 13.5. The molecule has 0 aliphatic heterocycles. The average Bonchev–Trinajstić information content (AvgIpc) is 1.72. The predicted molar refractivity (Wildman–Crippen MR) is 48.5 cm³/mol. The van der Waals surface area contributed by atoms with Gasteiger partial charge in [-0.15, -0.1) is 26.3 Å². The first-order chi connectivity index (χ1) is 4.00. The van der Waals surface area contributed by atoms with E-state index >= 15 is 0 Å². The Hall–Kier alpha value is 0.350. The van der Waals surface area contributed by atoms with Crippen LogP contribution in [0.2, 0.25) is 0 Å². The Kier molecular flexibility index (Phi) is 20.1. The van der Waals surface area contributed by atoms with E-state index in [4.69, 9.17) is 34.8 Å². The van der Waals surface area contributed by atoms with Gasteiger partial charge in [0.15, 0.2) is 3.79 Å². The number of halogens is 3. The Morgan fingerprint density at radius 2 is 0.889 bits per heavy atom. The Morgan fingerprint density at radius 1 is 0.889 bits per heavy atom. The monoisotopic (exact) mass is 188 g/mol. The van der Waals surface area contributed by atoms with Gasteiger partial charge in [0.2, 0.25) is 0 Å². The molecule has 3 heteroatoms. The lowest BCUT2D eigenvalue weighted by Crippen LogP contribution is -1.87. The van der Waals surface area contributed by atoms with Crippen LogP contribution in [-0.4, -0.2) is 3.79 Å². The second-order valence-corrected chi connectivity index (χ2v) is 3.63. The molecule has 0 unspecified atom stereocenters. The predicted octanol–water partition coefficient (Wildman–Crippen LogP) is 3.98. The van der Waals surface area contributed by atoms with Crippen molar-refractivity contribution < 1.29 is 0 Å². The quantitative estimate of drug-likeness (QED) is 0.399. The molecule has 0 atom stereocenters. The summed E-state index contributed by atoms with van der Waals surface area (Å²) in [6.07, 6.45) is 0. The van der Waals surface area contributed by atoms with Crippen molar-refractivity contribution >= 4 is 34.8 Å². The van der Waals surface area contributed by atoms with E-state index in [9.17, 15) is 0 Å². The van der Waals surface area contributed by atoms with E-state index in [0.29, 0.717) is 0 Å². The molecule has 0 aliphatic carbocycles. The van der Waals surface area contributed by atoms with Crippen LogP contribution in [0.1, 0.15) is 6.92 Å². The van der Waals surface area contributed by atoms with Crippen molar-refractivity contribution in [2.45, 2.75) is 10.7 Å². The lowest BCUT2D eigenvalue weighted by molar-refractivity contribution is 1.27. The highest BCUT2D eigenvalue weighted by Gasteiger charge is 2.07. The first kappa shape index (κ1) is 16.2. The minimum Gasteiger partial charge on any atom is -0.106 e. The molecule has 0 aromatic heterocycles. The van der Waals surface area contributed by atoms with Crippen LogP contribution in [0.15, 0.2) is 26.3 Å². The molecule has 0 aromatic carbocycles. The Bertz CT molecular complexity index is 38.8. The van der Waals surface area contributed by atoms with Gasteiger partial charge in [0.1, 0.15) is 0 Å². The molecule has 0 nitrogen and oxygen atoms in total. The molecule has 0 fully saturated rings. The van der Waals surface area contributed by atoms with Crippen LogP contribution in [0.4, 0.5) is 0 Å². The van der Waals surface area contributed by atoms with Gasteiger partial charge in [-0.1, -0.05) is 34.8 Å². The van der Waals surface area contributed by atoms with Gasteiger partial charge in [0.25, 0.3) is 0 Å². The lowest BCUT2D eigenvalue weighted by Gasteiger charge is -1.94. The second kappa shape index (κ2) is 11.2. The summed E-state index contributed by atoms with van der Waals surface area (Å²) < 4.78 is -1.08. The zero-order valence-corrected chi connectivity index (χ0v) is 7.73. The van der Waals surface area contributed by atoms with Crippen molar-refractivity contribution in [1.82, 2.24) is 0 Å². The summed E-state index contributed by atoms with van der Waals surface area (Å²) in [5, 5.41) is 0. The van der Waals surface area contributed by atoms with Crippen LogP contribution in [0.3, 0.4) is 0 Å². The van der Waals surface area contributed by atoms with Crippen LogP contribution in [0, 0.1) is 0 Å². The highest BCUT2D eigenvalue weighted by Crippen LogP contribution is 2.23. The minimum absolute atomic E-state index is 1.08. The SMILES string of the molecule is C=C.C=C.CC(Cl)(Cl)Cl. The van der Waals surface area contributed by atoms with E-state index < -0.39 is 3.79 Å².